The molecule has 0 amide bonds. The fourth-order valence-electron chi connectivity index (χ4n) is 1.74. The van der Waals surface area contributed by atoms with Gasteiger partial charge in [0.2, 0.25) is 0 Å². The van der Waals surface area contributed by atoms with Gasteiger partial charge in [0.15, 0.2) is 0 Å². The van der Waals surface area contributed by atoms with Crippen LogP contribution in [0, 0.1) is 17.3 Å². The molecule has 0 radical (unpaired) electrons. The van der Waals surface area contributed by atoms with Crippen molar-refractivity contribution in [3.63, 3.8) is 0 Å². The quantitative estimate of drug-likeness (QED) is 0.689. The molecule has 0 bridgehead atoms. The fourth-order valence-corrected chi connectivity index (χ4v) is 1.74. The van der Waals surface area contributed by atoms with Crippen LogP contribution in [0.15, 0.2) is 0 Å². The first-order valence-corrected chi connectivity index (χ1v) is 6.49. The van der Waals surface area contributed by atoms with Crippen LogP contribution in [0.1, 0.15) is 66.7 Å². The molecule has 0 aliphatic carbocycles. The van der Waals surface area contributed by atoms with E-state index in [0.29, 0.717) is 17.9 Å². The molecule has 1 N–H and O–H groups in total. The van der Waals surface area contributed by atoms with Crippen molar-refractivity contribution in [3.8, 4) is 0 Å². The van der Waals surface area contributed by atoms with E-state index in [9.17, 15) is 0 Å². The Morgan fingerprint density at radius 2 is 1.44 bits per heavy atom. The van der Waals surface area contributed by atoms with E-state index in [2.05, 4.69) is 34.6 Å². The van der Waals surface area contributed by atoms with Crippen molar-refractivity contribution in [1.29, 1.82) is 0 Å². The summed E-state index contributed by atoms with van der Waals surface area (Å²) < 4.78 is 0. The molecular weight excluding hydrogens is 268 g/mol. The first kappa shape index (κ1) is 20.1. The third-order valence-corrected chi connectivity index (χ3v) is 3.13. The zero-order valence-electron chi connectivity index (χ0n) is 12.4. The van der Waals surface area contributed by atoms with Gasteiger partial charge in [-0.15, -0.1) is 6.54 Å². The van der Waals surface area contributed by atoms with Crippen LogP contribution in [0.3, 0.4) is 0 Å². The Morgan fingerprint density at radius 3 is 1.88 bits per heavy atom. The van der Waals surface area contributed by atoms with Crippen LogP contribution >= 0.6 is 0 Å². The zero-order valence-corrected chi connectivity index (χ0v) is 17.3. The minimum Gasteiger partial charge on any atom is -0.677 e. The Bertz CT molecular complexity index is 151. The monoisotopic (exact) mass is 297 g/mol. The molecule has 0 aromatic heterocycles. The summed E-state index contributed by atoms with van der Waals surface area (Å²) in [5, 5.41) is 0. The molecule has 2 unspecified atom stereocenters. The third kappa shape index (κ3) is 13.8. The summed E-state index contributed by atoms with van der Waals surface area (Å²) in [4.78, 5) is 0. The van der Waals surface area contributed by atoms with Crippen molar-refractivity contribution < 1.29 is 58.2 Å². The zero-order chi connectivity index (χ0) is 11.9. The maximum Gasteiger partial charge on any atom is 1.00 e. The molecule has 0 saturated carbocycles. The summed E-state index contributed by atoms with van der Waals surface area (Å²) in [7, 11) is 0. The van der Waals surface area contributed by atoms with E-state index in [1.54, 1.807) is 0 Å². The summed E-state index contributed by atoms with van der Waals surface area (Å²) in [6.07, 6.45) is 6.59. The van der Waals surface area contributed by atoms with Crippen LogP contribution in [0.25, 0.3) is 5.73 Å². The van der Waals surface area contributed by atoms with E-state index in [1.807, 2.05) is 0 Å². The Labute approximate surface area is 152 Å². The van der Waals surface area contributed by atoms with Gasteiger partial charge in [-0.2, -0.15) is 0 Å². The van der Waals surface area contributed by atoms with Crippen molar-refractivity contribution in [2.75, 3.05) is 6.54 Å². The van der Waals surface area contributed by atoms with E-state index >= 15 is 0 Å². The maximum atomic E-state index is 7.26. The van der Waals surface area contributed by atoms with Gasteiger partial charge >= 0.3 is 58.2 Å². The van der Waals surface area contributed by atoms with Crippen molar-refractivity contribution in [1.82, 2.24) is 0 Å². The van der Waals surface area contributed by atoms with Crippen LogP contribution < -0.4 is 58.2 Å². The Hall–Kier alpha value is 1.77. The van der Waals surface area contributed by atoms with E-state index < -0.39 is 0 Å². The van der Waals surface area contributed by atoms with Crippen LogP contribution in [-0.2, 0) is 0 Å². The van der Waals surface area contributed by atoms with Gasteiger partial charge < -0.3 is 5.73 Å². The summed E-state index contributed by atoms with van der Waals surface area (Å²) >= 11 is 0. The molecule has 0 saturated heterocycles. The number of rotatable bonds is 7. The molecule has 0 aromatic rings. The van der Waals surface area contributed by atoms with Gasteiger partial charge in [-0.1, -0.05) is 66.2 Å². The second-order valence-electron chi connectivity index (χ2n) is 6.44. The topological polar surface area (TPSA) is 23.8 Å². The Balaban J connectivity index is 0. The van der Waals surface area contributed by atoms with Crippen molar-refractivity contribution in [3.05, 3.63) is 5.73 Å². The number of hydrogen-bond acceptors (Lipinski definition) is 0. The van der Waals surface area contributed by atoms with Gasteiger partial charge in [0.05, 0.1) is 0 Å². The molecule has 0 fully saturated rings. The molecule has 16 heavy (non-hydrogen) atoms. The molecule has 0 rings (SSSR count). The molecule has 2 heteroatoms. The minimum atomic E-state index is 0. The second-order valence-corrected chi connectivity index (χ2v) is 6.44. The minimum absolute atomic E-state index is 0. The molecule has 0 aliphatic rings. The van der Waals surface area contributed by atoms with Gasteiger partial charge in [-0.3, -0.25) is 0 Å². The van der Waals surface area contributed by atoms with E-state index in [4.69, 9.17) is 5.73 Å². The summed E-state index contributed by atoms with van der Waals surface area (Å²) in [6, 6.07) is 0. The molecule has 0 aliphatic heterocycles. The Kier molecular flexibility index (Phi) is 13.4. The first-order chi connectivity index (χ1) is 6.85. The van der Waals surface area contributed by atoms with Crippen LogP contribution in [0.5, 0.6) is 0 Å². The van der Waals surface area contributed by atoms with Crippen molar-refractivity contribution in [2.24, 2.45) is 17.3 Å². The molecule has 1 nitrogen and oxygen atoms in total. The van der Waals surface area contributed by atoms with Gasteiger partial charge in [0.25, 0.3) is 0 Å². The summed E-state index contributed by atoms with van der Waals surface area (Å²) in [6.45, 7) is 12.1. The first-order valence-electron chi connectivity index (χ1n) is 6.49. The van der Waals surface area contributed by atoms with Gasteiger partial charge in [-0.05, 0) is 17.8 Å². The average molecular weight is 298 g/mol. The van der Waals surface area contributed by atoms with E-state index in [-0.39, 0.29) is 58.2 Å². The van der Waals surface area contributed by atoms with Crippen LogP contribution in [0.4, 0.5) is 0 Å². The van der Waals surface area contributed by atoms with Crippen molar-refractivity contribution >= 4 is 0 Å². The van der Waals surface area contributed by atoms with Crippen molar-refractivity contribution in [2.45, 2.75) is 66.7 Å². The number of hydrogen-bond donors (Lipinski definition) is 0. The average Bonchev–Trinajstić information content (AvgIpc) is 2.13. The van der Waals surface area contributed by atoms with Gasteiger partial charge in [0.1, 0.15) is 0 Å². The molecule has 92 valence electrons. The van der Waals surface area contributed by atoms with Crippen LogP contribution in [-0.4, -0.2) is 6.54 Å². The largest absolute Gasteiger partial charge is 1.00 e. The van der Waals surface area contributed by atoms with Crippen LogP contribution in [0.2, 0.25) is 0 Å². The summed E-state index contributed by atoms with van der Waals surface area (Å²) in [5.41, 5.74) is 7.75. The fraction of sp³-hybridized carbons (Fsp3) is 1.00. The smallest absolute Gasteiger partial charge is 0.677 e. The maximum absolute atomic E-state index is 7.26. The molecule has 2 atom stereocenters. The molecule has 0 spiro atoms. The van der Waals surface area contributed by atoms with Gasteiger partial charge in [0, 0.05) is 0 Å². The second kappa shape index (κ2) is 10.7. The summed E-state index contributed by atoms with van der Waals surface area (Å²) in [5.74, 6) is 1.46. The number of nitrogens with one attached hydrogen (secondary N) is 1. The molecular formula is C14H30NRb. The predicted molar refractivity (Wildman–Crippen MR) is 70.1 cm³/mol. The van der Waals surface area contributed by atoms with E-state index in [0.717, 1.165) is 5.92 Å². The standard InChI is InChI=1S/C14H30N.Rb/c1-12(9-10-14(3,4)5)7-6-8-13(2)11-15;/h12-13,15H,6-11H2,1-5H3;/q-1;+1. The molecule has 0 heterocycles. The predicted octanol–water partition coefficient (Wildman–Crippen LogP) is 2.31. The third-order valence-electron chi connectivity index (χ3n) is 3.13. The van der Waals surface area contributed by atoms with Gasteiger partial charge in [-0.25, -0.2) is 0 Å². The SMILES string of the molecule is CC(C[NH-])CCCC(C)CCC(C)(C)C.[Rb+]. The normalized spacial score (nSPS) is 15.4. The molecule has 0 aromatic carbocycles. The van der Waals surface area contributed by atoms with E-state index in [1.165, 1.54) is 32.1 Å². The Morgan fingerprint density at radius 1 is 0.938 bits per heavy atom.